The highest BCUT2D eigenvalue weighted by Gasteiger charge is 2.22. The fourth-order valence-electron chi connectivity index (χ4n) is 1.65. The van der Waals surface area contributed by atoms with Gasteiger partial charge in [-0.15, -0.1) is 0 Å². The number of halogens is 1. The number of nitrogens with two attached hydrogens (primary N) is 1. The van der Waals surface area contributed by atoms with Gasteiger partial charge in [0, 0.05) is 11.6 Å². The number of hydrogen-bond acceptors (Lipinski definition) is 4. The van der Waals surface area contributed by atoms with Crippen LogP contribution in [0.3, 0.4) is 0 Å². The van der Waals surface area contributed by atoms with Gasteiger partial charge in [-0.2, -0.15) is 5.10 Å². The topological polar surface area (TPSA) is 73.2 Å². The van der Waals surface area contributed by atoms with Gasteiger partial charge in [-0.1, -0.05) is 0 Å². The Morgan fingerprint density at radius 1 is 1.31 bits per heavy atom. The Morgan fingerprint density at radius 3 is 2.88 bits per heavy atom. The standard InChI is InChI=1S/C10H8BrN3O2/c11-6-2-1-5(7-3-8(12)14-13-7)9-10(6)16-4-15-9/h1-3H,4H2,(H3,12,13,14). The van der Waals surface area contributed by atoms with Crippen LogP contribution in [0.25, 0.3) is 11.3 Å². The minimum absolute atomic E-state index is 0.231. The maximum Gasteiger partial charge on any atom is 0.231 e. The summed E-state index contributed by atoms with van der Waals surface area (Å²) in [6, 6.07) is 5.58. The van der Waals surface area contributed by atoms with Crippen molar-refractivity contribution in [2.75, 3.05) is 12.5 Å². The molecule has 82 valence electrons. The Labute approximate surface area is 99.7 Å². The number of anilines is 1. The number of benzene rings is 1. The van der Waals surface area contributed by atoms with Gasteiger partial charge in [0.05, 0.1) is 10.2 Å². The largest absolute Gasteiger partial charge is 0.453 e. The zero-order chi connectivity index (χ0) is 11.1. The number of hydrogen-bond donors (Lipinski definition) is 2. The van der Waals surface area contributed by atoms with Crippen LogP contribution in [-0.2, 0) is 0 Å². The first-order valence-electron chi connectivity index (χ1n) is 4.65. The van der Waals surface area contributed by atoms with Crippen LogP contribution < -0.4 is 15.2 Å². The van der Waals surface area contributed by atoms with Gasteiger partial charge in [0.2, 0.25) is 6.79 Å². The number of H-pyrrole nitrogens is 1. The third kappa shape index (κ3) is 1.34. The summed E-state index contributed by atoms with van der Waals surface area (Å²) in [7, 11) is 0. The molecule has 0 fully saturated rings. The van der Waals surface area contributed by atoms with Crippen molar-refractivity contribution in [2.24, 2.45) is 0 Å². The third-order valence-corrected chi connectivity index (χ3v) is 2.98. The molecule has 0 radical (unpaired) electrons. The smallest absolute Gasteiger partial charge is 0.231 e. The molecule has 1 aromatic carbocycles. The highest BCUT2D eigenvalue weighted by Crippen LogP contribution is 2.45. The lowest BCUT2D eigenvalue weighted by atomic mass is 10.1. The van der Waals surface area contributed by atoms with E-state index in [2.05, 4.69) is 26.1 Å². The summed E-state index contributed by atoms with van der Waals surface area (Å²) >= 11 is 3.40. The fraction of sp³-hybridized carbons (Fsp3) is 0.100. The Bertz CT molecular complexity index is 553. The summed E-state index contributed by atoms with van der Waals surface area (Å²) in [5.41, 5.74) is 7.27. The summed E-state index contributed by atoms with van der Waals surface area (Å²) < 4.78 is 11.7. The molecule has 1 aliphatic heterocycles. The molecule has 0 saturated carbocycles. The second kappa shape index (κ2) is 3.41. The number of nitrogen functional groups attached to an aromatic ring is 1. The molecule has 5 nitrogen and oxygen atoms in total. The Morgan fingerprint density at radius 2 is 2.12 bits per heavy atom. The minimum Gasteiger partial charge on any atom is -0.453 e. The first-order chi connectivity index (χ1) is 7.75. The predicted octanol–water partition coefficient (Wildman–Crippen LogP) is 2.15. The maximum absolute atomic E-state index is 5.57. The number of nitrogens with zero attached hydrogens (tertiary/aromatic N) is 1. The van der Waals surface area contributed by atoms with E-state index in [0.717, 1.165) is 15.7 Å². The normalized spacial score (nSPS) is 13.1. The summed E-state index contributed by atoms with van der Waals surface area (Å²) in [6.07, 6.45) is 0. The number of ether oxygens (including phenoxy) is 2. The Kier molecular flexibility index (Phi) is 2.03. The van der Waals surface area contributed by atoms with Gasteiger partial charge in [-0.05, 0) is 28.1 Å². The van der Waals surface area contributed by atoms with E-state index in [1.165, 1.54) is 0 Å². The van der Waals surface area contributed by atoms with Gasteiger partial charge in [0.25, 0.3) is 0 Å². The van der Waals surface area contributed by atoms with Gasteiger partial charge < -0.3 is 15.2 Å². The van der Waals surface area contributed by atoms with Crippen LogP contribution in [0.5, 0.6) is 11.5 Å². The predicted molar refractivity (Wildman–Crippen MR) is 62.3 cm³/mol. The molecule has 0 bridgehead atoms. The molecule has 3 N–H and O–H groups in total. The first-order valence-corrected chi connectivity index (χ1v) is 5.44. The van der Waals surface area contributed by atoms with Crippen molar-refractivity contribution in [2.45, 2.75) is 0 Å². The van der Waals surface area contributed by atoms with Crippen LogP contribution in [0.2, 0.25) is 0 Å². The number of aromatic nitrogens is 2. The van der Waals surface area contributed by atoms with Crippen LogP contribution in [0, 0.1) is 0 Å². The van der Waals surface area contributed by atoms with Crippen LogP contribution in [-0.4, -0.2) is 17.0 Å². The van der Waals surface area contributed by atoms with Crippen LogP contribution in [0.15, 0.2) is 22.7 Å². The molecular formula is C10H8BrN3O2. The molecule has 2 heterocycles. The van der Waals surface area contributed by atoms with E-state index >= 15 is 0 Å². The number of aromatic amines is 1. The van der Waals surface area contributed by atoms with Gasteiger partial charge in [-0.3, -0.25) is 5.10 Å². The van der Waals surface area contributed by atoms with E-state index in [4.69, 9.17) is 15.2 Å². The van der Waals surface area contributed by atoms with Gasteiger partial charge in [0.15, 0.2) is 11.5 Å². The van der Waals surface area contributed by atoms with Crippen LogP contribution in [0.1, 0.15) is 0 Å². The molecule has 0 spiro atoms. The van der Waals surface area contributed by atoms with Crippen molar-refractivity contribution in [3.8, 4) is 22.8 Å². The molecule has 3 rings (SSSR count). The molecule has 1 aromatic heterocycles. The van der Waals surface area contributed by atoms with Gasteiger partial charge in [0.1, 0.15) is 5.82 Å². The van der Waals surface area contributed by atoms with E-state index in [0.29, 0.717) is 17.3 Å². The summed E-state index contributed by atoms with van der Waals surface area (Å²) in [5, 5.41) is 6.73. The summed E-state index contributed by atoms with van der Waals surface area (Å²) in [6.45, 7) is 0.231. The van der Waals surface area contributed by atoms with E-state index < -0.39 is 0 Å². The van der Waals surface area contributed by atoms with Gasteiger partial charge >= 0.3 is 0 Å². The number of rotatable bonds is 1. The Hall–Kier alpha value is -1.69. The van der Waals surface area contributed by atoms with Crippen molar-refractivity contribution in [3.63, 3.8) is 0 Å². The highest BCUT2D eigenvalue weighted by atomic mass is 79.9. The second-order valence-electron chi connectivity index (χ2n) is 3.37. The zero-order valence-electron chi connectivity index (χ0n) is 8.16. The maximum atomic E-state index is 5.57. The molecule has 0 unspecified atom stereocenters. The first kappa shape index (κ1) is 9.53. The molecular weight excluding hydrogens is 274 g/mol. The minimum atomic E-state index is 0.231. The molecule has 6 heteroatoms. The van der Waals surface area contributed by atoms with Crippen molar-refractivity contribution in [1.29, 1.82) is 0 Å². The lowest BCUT2D eigenvalue weighted by Crippen LogP contribution is -1.93. The summed E-state index contributed by atoms with van der Waals surface area (Å²) in [5.74, 6) is 1.87. The fourth-order valence-corrected chi connectivity index (χ4v) is 2.08. The molecule has 2 aromatic rings. The molecule has 0 aliphatic carbocycles. The number of fused-ring (bicyclic) bond motifs is 1. The average Bonchev–Trinajstić information content (AvgIpc) is 2.87. The zero-order valence-corrected chi connectivity index (χ0v) is 9.74. The van der Waals surface area contributed by atoms with Crippen molar-refractivity contribution in [3.05, 3.63) is 22.7 Å². The molecule has 16 heavy (non-hydrogen) atoms. The second-order valence-corrected chi connectivity index (χ2v) is 4.22. The SMILES string of the molecule is Nc1cc(-c2ccc(Br)c3c2OCO3)[nH]n1. The van der Waals surface area contributed by atoms with Crippen molar-refractivity contribution >= 4 is 21.7 Å². The van der Waals surface area contributed by atoms with Crippen molar-refractivity contribution < 1.29 is 9.47 Å². The summed E-state index contributed by atoms with van der Waals surface area (Å²) in [4.78, 5) is 0. The average molecular weight is 282 g/mol. The molecule has 0 amide bonds. The van der Waals surface area contributed by atoms with Crippen LogP contribution in [0.4, 0.5) is 5.82 Å². The van der Waals surface area contributed by atoms with Crippen molar-refractivity contribution in [1.82, 2.24) is 10.2 Å². The molecule has 0 saturated heterocycles. The van der Waals surface area contributed by atoms with Gasteiger partial charge in [-0.25, -0.2) is 0 Å². The van der Waals surface area contributed by atoms with Crippen LogP contribution >= 0.6 is 15.9 Å². The number of nitrogens with one attached hydrogen (secondary N) is 1. The van der Waals surface area contributed by atoms with E-state index in [-0.39, 0.29) is 6.79 Å². The third-order valence-electron chi connectivity index (χ3n) is 2.36. The lowest BCUT2D eigenvalue weighted by Gasteiger charge is -2.04. The molecule has 1 aliphatic rings. The Balaban J connectivity index is 2.19. The van der Waals surface area contributed by atoms with E-state index in [1.54, 1.807) is 6.07 Å². The van der Waals surface area contributed by atoms with E-state index in [1.807, 2.05) is 12.1 Å². The van der Waals surface area contributed by atoms with E-state index in [9.17, 15) is 0 Å². The molecule has 0 atom stereocenters. The quantitative estimate of drug-likeness (QED) is 0.840. The highest BCUT2D eigenvalue weighted by molar-refractivity contribution is 9.10. The monoisotopic (exact) mass is 281 g/mol. The lowest BCUT2D eigenvalue weighted by molar-refractivity contribution is 0.173.